The fourth-order valence-electron chi connectivity index (χ4n) is 5.52. The molecule has 0 radical (unpaired) electrons. The van der Waals surface area contributed by atoms with Crippen LogP contribution in [0.15, 0.2) is 66.9 Å². The molecule has 0 spiro atoms. The molecule has 1 amide bonds. The third-order valence-electron chi connectivity index (χ3n) is 6.67. The first-order chi connectivity index (χ1) is 17.7. The molecule has 1 aliphatic heterocycles. The van der Waals surface area contributed by atoms with Crippen LogP contribution in [0.25, 0.3) is 23.1 Å². The average molecular weight is 495 g/mol. The van der Waals surface area contributed by atoms with Crippen molar-refractivity contribution in [3.63, 3.8) is 0 Å². The number of hydrogen-bond acceptors (Lipinski definition) is 5. The van der Waals surface area contributed by atoms with Crippen LogP contribution in [-0.2, 0) is 0 Å². The lowest BCUT2D eigenvalue weighted by atomic mass is 9.79. The van der Waals surface area contributed by atoms with E-state index in [2.05, 4.69) is 58.8 Å². The summed E-state index contributed by atoms with van der Waals surface area (Å²) in [6.07, 6.45) is 7.43. The maximum atomic E-state index is 13.4. The molecule has 0 aliphatic carbocycles. The zero-order chi connectivity index (χ0) is 26.0. The fourth-order valence-corrected chi connectivity index (χ4v) is 5.52. The van der Waals surface area contributed by atoms with E-state index in [4.69, 9.17) is 0 Å². The highest BCUT2D eigenvalue weighted by Crippen LogP contribution is 2.30. The number of pyridine rings is 1. The van der Waals surface area contributed by atoms with E-state index in [1.807, 2.05) is 72.8 Å². The van der Waals surface area contributed by atoms with E-state index in [0.717, 1.165) is 46.5 Å². The van der Waals surface area contributed by atoms with E-state index in [0.29, 0.717) is 5.56 Å². The number of carbonyl (C=O) groups excluding carboxylic acids is 1. The Kier molecular flexibility index (Phi) is 6.56. The van der Waals surface area contributed by atoms with Gasteiger partial charge in [-0.05, 0) is 95.2 Å². The summed E-state index contributed by atoms with van der Waals surface area (Å²) in [5.41, 5.74) is 4.82. The maximum absolute atomic E-state index is 13.4. The van der Waals surface area contributed by atoms with Crippen LogP contribution >= 0.6 is 0 Å². The van der Waals surface area contributed by atoms with Crippen molar-refractivity contribution in [2.45, 2.75) is 57.7 Å². The quantitative estimate of drug-likeness (QED) is 0.267. The number of aromatic nitrogens is 3. The van der Waals surface area contributed by atoms with Gasteiger partial charge in [0.15, 0.2) is 0 Å². The van der Waals surface area contributed by atoms with Gasteiger partial charge in [-0.2, -0.15) is 5.10 Å². The lowest BCUT2D eigenvalue weighted by molar-refractivity contribution is 0.0874. The van der Waals surface area contributed by atoms with E-state index >= 15 is 0 Å². The molecule has 3 heterocycles. The van der Waals surface area contributed by atoms with Crippen molar-refractivity contribution in [3.8, 4) is 0 Å². The predicted molar refractivity (Wildman–Crippen MR) is 151 cm³/mol. The molecule has 1 aliphatic rings. The number of nitrogens with zero attached hydrogens (tertiary/aromatic N) is 2. The number of aromatic amines is 1. The molecule has 1 saturated heterocycles. The van der Waals surface area contributed by atoms with E-state index in [1.54, 1.807) is 6.20 Å². The van der Waals surface area contributed by atoms with Crippen molar-refractivity contribution in [2.75, 3.05) is 5.32 Å². The molecular formula is C30H34N6O. The van der Waals surface area contributed by atoms with E-state index in [-0.39, 0.29) is 23.0 Å². The van der Waals surface area contributed by atoms with Crippen LogP contribution in [0.1, 0.15) is 62.3 Å². The first-order valence-electron chi connectivity index (χ1n) is 12.7. The molecule has 0 saturated carbocycles. The Morgan fingerprint density at radius 2 is 1.73 bits per heavy atom. The van der Waals surface area contributed by atoms with Gasteiger partial charge in [-0.1, -0.05) is 18.2 Å². The predicted octanol–water partition coefficient (Wildman–Crippen LogP) is 5.91. The second-order valence-corrected chi connectivity index (χ2v) is 11.1. The number of anilines is 2. The highest BCUT2D eigenvalue weighted by atomic mass is 16.1. The third kappa shape index (κ3) is 5.89. The summed E-state index contributed by atoms with van der Waals surface area (Å²) in [4.78, 5) is 17.7. The molecule has 37 heavy (non-hydrogen) atoms. The Hall–Kier alpha value is -3.97. The lowest BCUT2D eigenvalue weighted by Gasteiger charge is -2.46. The number of rotatable bonds is 6. The van der Waals surface area contributed by atoms with Crippen LogP contribution in [0.4, 0.5) is 11.4 Å². The molecule has 0 unspecified atom stereocenters. The van der Waals surface area contributed by atoms with E-state index in [9.17, 15) is 4.79 Å². The summed E-state index contributed by atoms with van der Waals surface area (Å²) in [5, 5.41) is 19.0. The van der Waals surface area contributed by atoms with Crippen molar-refractivity contribution in [1.29, 1.82) is 0 Å². The van der Waals surface area contributed by atoms with Gasteiger partial charge >= 0.3 is 0 Å². The summed E-state index contributed by atoms with van der Waals surface area (Å²) in [6, 6.07) is 19.6. The van der Waals surface area contributed by atoms with Crippen LogP contribution in [0, 0.1) is 0 Å². The van der Waals surface area contributed by atoms with Gasteiger partial charge in [-0.15, -0.1) is 0 Å². The minimum absolute atomic E-state index is 0.0391. The number of hydrogen-bond donors (Lipinski definition) is 4. The molecule has 0 atom stereocenters. The summed E-state index contributed by atoms with van der Waals surface area (Å²) < 4.78 is 0. The number of nitrogens with one attached hydrogen (secondary N) is 4. The number of H-pyrrole nitrogens is 1. The van der Waals surface area contributed by atoms with Crippen LogP contribution in [0.5, 0.6) is 0 Å². The van der Waals surface area contributed by atoms with Crippen molar-refractivity contribution in [2.24, 2.45) is 0 Å². The Morgan fingerprint density at radius 1 is 0.973 bits per heavy atom. The van der Waals surface area contributed by atoms with Gasteiger partial charge < -0.3 is 16.0 Å². The molecule has 4 aromatic rings. The van der Waals surface area contributed by atoms with Crippen molar-refractivity contribution in [3.05, 3.63) is 83.8 Å². The molecule has 4 N–H and O–H groups in total. The van der Waals surface area contributed by atoms with Gasteiger partial charge in [0.05, 0.1) is 28.2 Å². The molecule has 1 fully saturated rings. The van der Waals surface area contributed by atoms with Gasteiger partial charge in [-0.25, -0.2) is 0 Å². The molecule has 2 aromatic heterocycles. The Balaban J connectivity index is 1.32. The fraction of sp³-hybridized carbons (Fsp3) is 0.300. The minimum atomic E-state index is -0.0637. The topological polar surface area (TPSA) is 94.7 Å². The number of fused-ring (bicyclic) bond motifs is 1. The van der Waals surface area contributed by atoms with E-state index < -0.39 is 0 Å². The van der Waals surface area contributed by atoms with Gasteiger partial charge in [0.2, 0.25) is 0 Å². The van der Waals surface area contributed by atoms with Crippen molar-refractivity contribution < 1.29 is 4.79 Å². The standard InChI is InChI=1S/C30H34N6O/c1-29(2)18-22(19-30(3,4)36-29)33-28(37)24-10-5-6-11-25(24)32-21-12-14-23-26(34-35-27(23)17-21)15-13-20-9-7-8-16-31-20/h5-17,22,32,36H,18-19H2,1-4H3,(H,33,37)(H,34,35)/b15-13+. The van der Waals surface area contributed by atoms with Crippen LogP contribution in [0.3, 0.4) is 0 Å². The van der Waals surface area contributed by atoms with E-state index in [1.165, 1.54) is 0 Å². The normalized spacial score (nSPS) is 17.2. The second kappa shape index (κ2) is 9.82. The van der Waals surface area contributed by atoms with Crippen LogP contribution in [0.2, 0.25) is 0 Å². The first-order valence-corrected chi connectivity index (χ1v) is 12.7. The summed E-state index contributed by atoms with van der Waals surface area (Å²) in [6.45, 7) is 8.75. The number of carbonyl (C=O) groups is 1. The first kappa shape index (κ1) is 24.7. The Bertz CT molecular complexity index is 1420. The van der Waals surface area contributed by atoms with Crippen molar-refractivity contribution in [1.82, 2.24) is 25.8 Å². The number of benzene rings is 2. The molecule has 2 aromatic carbocycles. The van der Waals surface area contributed by atoms with Crippen LogP contribution in [-0.4, -0.2) is 38.2 Å². The summed E-state index contributed by atoms with van der Waals surface area (Å²) >= 11 is 0. The average Bonchev–Trinajstić information content (AvgIpc) is 3.24. The zero-order valence-corrected chi connectivity index (χ0v) is 21.8. The largest absolute Gasteiger partial charge is 0.355 e. The highest BCUT2D eigenvalue weighted by Gasteiger charge is 2.38. The molecule has 7 nitrogen and oxygen atoms in total. The maximum Gasteiger partial charge on any atom is 0.253 e. The lowest BCUT2D eigenvalue weighted by Crippen LogP contribution is -2.62. The van der Waals surface area contributed by atoms with Gasteiger partial charge in [-0.3, -0.25) is 14.9 Å². The molecule has 0 bridgehead atoms. The molecular weight excluding hydrogens is 460 g/mol. The molecule has 7 heteroatoms. The summed E-state index contributed by atoms with van der Waals surface area (Å²) in [7, 11) is 0. The SMILES string of the molecule is CC1(C)CC(NC(=O)c2ccccc2Nc2ccc3c(/C=C/c4ccccn4)n[nH]c3c2)CC(C)(C)N1. The number of para-hydroxylation sites is 1. The molecule has 5 rings (SSSR count). The number of piperidine rings is 1. The highest BCUT2D eigenvalue weighted by molar-refractivity contribution is 6.01. The third-order valence-corrected chi connectivity index (χ3v) is 6.67. The molecule has 190 valence electrons. The summed E-state index contributed by atoms with van der Waals surface area (Å²) in [5.74, 6) is -0.0637. The Morgan fingerprint density at radius 3 is 2.49 bits per heavy atom. The zero-order valence-electron chi connectivity index (χ0n) is 21.8. The smallest absolute Gasteiger partial charge is 0.253 e. The van der Waals surface area contributed by atoms with Gasteiger partial charge in [0, 0.05) is 34.4 Å². The van der Waals surface area contributed by atoms with Gasteiger partial charge in [0.25, 0.3) is 5.91 Å². The van der Waals surface area contributed by atoms with Gasteiger partial charge in [0.1, 0.15) is 0 Å². The van der Waals surface area contributed by atoms with Crippen molar-refractivity contribution >= 4 is 40.3 Å². The van der Waals surface area contributed by atoms with Crippen LogP contribution < -0.4 is 16.0 Å². The second-order valence-electron chi connectivity index (χ2n) is 11.1. The monoisotopic (exact) mass is 494 g/mol. The Labute approximate surface area is 217 Å². The number of amides is 1. The minimum Gasteiger partial charge on any atom is -0.355 e.